The Morgan fingerprint density at radius 3 is 2.65 bits per heavy atom. The molecule has 2 aromatic heterocycles. The molecule has 0 unspecified atom stereocenters. The standard InChI is InChI=1S/C13H10FN3O3/c14-11-7-15-4-3-10(11)13(20)17-9-2-1-8(16-6-9)5-12(18)19/h1-4,6-7H,5H2,(H,17,20)(H,18,19). The van der Waals surface area contributed by atoms with Crippen molar-refractivity contribution in [3.05, 3.63) is 53.9 Å². The van der Waals surface area contributed by atoms with Crippen LogP contribution < -0.4 is 5.32 Å². The smallest absolute Gasteiger partial charge is 0.309 e. The van der Waals surface area contributed by atoms with Gasteiger partial charge in [0.2, 0.25) is 0 Å². The fourth-order valence-corrected chi connectivity index (χ4v) is 1.52. The van der Waals surface area contributed by atoms with Crippen LogP contribution in [0.3, 0.4) is 0 Å². The maximum absolute atomic E-state index is 13.3. The lowest BCUT2D eigenvalue weighted by Gasteiger charge is -2.06. The number of aliphatic carboxylic acids is 1. The van der Waals surface area contributed by atoms with Gasteiger partial charge in [0, 0.05) is 6.20 Å². The average molecular weight is 275 g/mol. The molecule has 0 atom stereocenters. The number of hydrogen-bond acceptors (Lipinski definition) is 4. The predicted molar refractivity (Wildman–Crippen MR) is 67.7 cm³/mol. The van der Waals surface area contributed by atoms with Crippen LogP contribution >= 0.6 is 0 Å². The summed E-state index contributed by atoms with van der Waals surface area (Å²) in [5.41, 5.74) is 0.584. The molecule has 0 saturated carbocycles. The summed E-state index contributed by atoms with van der Waals surface area (Å²) >= 11 is 0. The van der Waals surface area contributed by atoms with Crippen LogP contribution in [0.5, 0.6) is 0 Å². The van der Waals surface area contributed by atoms with Crippen molar-refractivity contribution in [3.63, 3.8) is 0 Å². The molecular formula is C13H10FN3O3. The number of hydrogen-bond donors (Lipinski definition) is 2. The molecule has 0 fully saturated rings. The number of carbonyl (C=O) groups excluding carboxylic acids is 1. The molecule has 0 radical (unpaired) electrons. The van der Waals surface area contributed by atoms with Crippen LogP contribution in [0.25, 0.3) is 0 Å². The van der Waals surface area contributed by atoms with E-state index >= 15 is 0 Å². The van der Waals surface area contributed by atoms with Crippen molar-refractivity contribution in [2.75, 3.05) is 5.32 Å². The fourth-order valence-electron chi connectivity index (χ4n) is 1.52. The Balaban J connectivity index is 2.09. The lowest BCUT2D eigenvalue weighted by atomic mass is 10.2. The van der Waals surface area contributed by atoms with Crippen molar-refractivity contribution >= 4 is 17.6 Å². The van der Waals surface area contributed by atoms with E-state index < -0.39 is 17.7 Å². The molecule has 0 saturated heterocycles. The summed E-state index contributed by atoms with van der Waals surface area (Å²) in [6, 6.07) is 4.24. The third kappa shape index (κ3) is 3.35. The molecule has 2 N–H and O–H groups in total. The van der Waals surface area contributed by atoms with Crippen LogP contribution in [0, 0.1) is 5.82 Å². The van der Waals surface area contributed by atoms with E-state index in [0.717, 1.165) is 6.20 Å². The summed E-state index contributed by atoms with van der Waals surface area (Å²) in [4.78, 5) is 29.7. The lowest BCUT2D eigenvalue weighted by Crippen LogP contribution is -2.14. The van der Waals surface area contributed by atoms with Crippen molar-refractivity contribution in [2.24, 2.45) is 0 Å². The van der Waals surface area contributed by atoms with Gasteiger partial charge in [0.05, 0.1) is 35.8 Å². The van der Waals surface area contributed by atoms with Gasteiger partial charge in [-0.3, -0.25) is 19.6 Å². The first-order valence-electron chi connectivity index (χ1n) is 5.64. The number of pyridine rings is 2. The number of halogens is 1. The SMILES string of the molecule is O=C(O)Cc1ccc(NC(=O)c2ccncc2F)cn1. The number of carboxylic acid groups (broad SMARTS) is 1. The minimum absolute atomic E-state index is 0.130. The molecule has 2 rings (SSSR count). The number of rotatable bonds is 4. The van der Waals surface area contributed by atoms with E-state index in [1.54, 1.807) is 0 Å². The first kappa shape index (κ1) is 13.6. The monoisotopic (exact) mass is 275 g/mol. The number of nitrogens with one attached hydrogen (secondary N) is 1. The number of carboxylic acids is 1. The molecule has 2 heterocycles. The molecule has 20 heavy (non-hydrogen) atoms. The summed E-state index contributed by atoms with van der Waals surface area (Å²) in [5.74, 6) is -2.34. The first-order valence-corrected chi connectivity index (χ1v) is 5.64. The molecule has 0 aliphatic rings. The molecule has 0 aromatic carbocycles. The highest BCUT2D eigenvalue weighted by molar-refractivity contribution is 6.04. The number of carbonyl (C=O) groups is 2. The van der Waals surface area contributed by atoms with Gasteiger partial charge < -0.3 is 10.4 Å². The van der Waals surface area contributed by atoms with Crippen LogP contribution in [0.1, 0.15) is 16.1 Å². The predicted octanol–water partition coefficient (Wildman–Crippen LogP) is 1.50. The van der Waals surface area contributed by atoms with Gasteiger partial charge in [-0.2, -0.15) is 0 Å². The highest BCUT2D eigenvalue weighted by Gasteiger charge is 2.11. The molecule has 0 bridgehead atoms. The third-order valence-corrected chi connectivity index (χ3v) is 2.43. The molecule has 0 aliphatic carbocycles. The average Bonchev–Trinajstić information content (AvgIpc) is 2.41. The zero-order valence-corrected chi connectivity index (χ0v) is 10.2. The maximum atomic E-state index is 13.3. The molecule has 0 spiro atoms. The van der Waals surface area contributed by atoms with Crippen LogP contribution in [0.4, 0.5) is 10.1 Å². The van der Waals surface area contributed by atoms with Crippen molar-refractivity contribution in [1.29, 1.82) is 0 Å². The summed E-state index contributed by atoms with van der Waals surface area (Å²) < 4.78 is 13.3. The molecule has 1 amide bonds. The molecule has 0 aliphatic heterocycles. The first-order chi connectivity index (χ1) is 9.56. The van der Waals surface area contributed by atoms with Crippen molar-refractivity contribution in [3.8, 4) is 0 Å². The zero-order chi connectivity index (χ0) is 14.5. The molecule has 7 heteroatoms. The summed E-state index contributed by atoms with van der Waals surface area (Å²) in [7, 11) is 0. The highest BCUT2D eigenvalue weighted by Crippen LogP contribution is 2.11. The second-order valence-electron chi connectivity index (χ2n) is 3.92. The quantitative estimate of drug-likeness (QED) is 0.882. The maximum Gasteiger partial charge on any atom is 0.309 e. The van der Waals surface area contributed by atoms with Gasteiger partial charge in [0.1, 0.15) is 0 Å². The minimum Gasteiger partial charge on any atom is -0.481 e. The van der Waals surface area contributed by atoms with Gasteiger partial charge in [-0.15, -0.1) is 0 Å². The largest absolute Gasteiger partial charge is 0.481 e. The molecule has 6 nitrogen and oxygen atoms in total. The van der Waals surface area contributed by atoms with E-state index in [0.29, 0.717) is 11.4 Å². The van der Waals surface area contributed by atoms with Gasteiger partial charge in [-0.05, 0) is 18.2 Å². The van der Waals surface area contributed by atoms with E-state index in [2.05, 4.69) is 15.3 Å². The Kier molecular flexibility index (Phi) is 3.99. The normalized spacial score (nSPS) is 10.1. The van der Waals surface area contributed by atoms with E-state index in [4.69, 9.17) is 5.11 Å². The Morgan fingerprint density at radius 1 is 1.25 bits per heavy atom. The highest BCUT2D eigenvalue weighted by atomic mass is 19.1. The van der Waals surface area contributed by atoms with E-state index in [1.807, 2.05) is 0 Å². The summed E-state index contributed by atoms with van der Waals surface area (Å²) in [5, 5.41) is 11.1. The van der Waals surface area contributed by atoms with Gasteiger partial charge in [0.25, 0.3) is 5.91 Å². The summed E-state index contributed by atoms with van der Waals surface area (Å²) in [6.07, 6.45) is 3.37. The Hall–Kier alpha value is -2.83. The van der Waals surface area contributed by atoms with Crippen molar-refractivity contribution < 1.29 is 19.1 Å². The van der Waals surface area contributed by atoms with Crippen LogP contribution in [-0.2, 0) is 11.2 Å². The van der Waals surface area contributed by atoms with Crippen LogP contribution in [0.2, 0.25) is 0 Å². The van der Waals surface area contributed by atoms with Crippen LogP contribution in [-0.4, -0.2) is 27.0 Å². The number of nitrogens with zero attached hydrogens (tertiary/aromatic N) is 2. The van der Waals surface area contributed by atoms with E-state index in [-0.39, 0.29) is 12.0 Å². The Morgan fingerprint density at radius 2 is 2.05 bits per heavy atom. The summed E-state index contributed by atoms with van der Waals surface area (Å²) in [6.45, 7) is 0. The van der Waals surface area contributed by atoms with E-state index in [1.165, 1.54) is 30.6 Å². The van der Waals surface area contributed by atoms with Gasteiger partial charge in [0.15, 0.2) is 5.82 Å². The minimum atomic E-state index is -0.992. The van der Waals surface area contributed by atoms with Gasteiger partial charge >= 0.3 is 5.97 Å². The molecular weight excluding hydrogens is 265 g/mol. The zero-order valence-electron chi connectivity index (χ0n) is 10.2. The Bertz CT molecular complexity index is 644. The third-order valence-electron chi connectivity index (χ3n) is 2.43. The molecule has 2 aromatic rings. The molecule has 102 valence electrons. The van der Waals surface area contributed by atoms with Gasteiger partial charge in [-0.1, -0.05) is 0 Å². The second kappa shape index (κ2) is 5.87. The van der Waals surface area contributed by atoms with Crippen LogP contribution in [0.15, 0.2) is 36.8 Å². The number of amides is 1. The van der Waals surface area contributed by atoms with E-state index in [9.17, 15) is 14.0 Å². The number of anilines is 1. The van der Waals surface area contributed by atoms with Crippen molar-refractivity contribution in [2.45, 2.75) is 6.42 Å². The van der Waals surface area contributed by atoms with Gasteiger partial charge in [-0.25, -0.2) is 4.39 Å². The lowest BCUT2D eigenvalue weighted by molar-refractivity contribution is -0.136. The second-order valence-corrected chi connectivity index (χ2v) is 3.92. The van der Waals surface area contributed by atoms with Crippen molar-refractivity contribution in [1.82, 2.24) is 9.97 Å². The topological polar surface area (TPSA) is 92.2 Å². The fraction of sp³-hybridized carbons (Fsp3) is 0.0769. The number of aromatic nitrogens is 2. The Labute approximate surface area is 113 Å².